The Morgan fingerprint density at radius 2 is 1.71 bits per heavy atom. The highest BCUT2D eigenvalue weighted by Crippen LogP contribution is 2.23. The molecule has 1 N–H and O–H groups in total. The Balaban J connectivity index is 2.08. The Kier molecular flexibility index (Phi) is 7.53. The summed E-state index contributed by atoms with van der Waals surface area (Å²) in [5.74, 6) is 0.288. The summed E-state index contributed by atoms with van der Waals surface area (Å²) in [7, 11) is 2.16. The van der Waals surface area contributed by atoms with E-state index in [4.69, 9.17) is 11.6 Å². The number of benzene rings is 1. The van der Waals surface area contributed by atoms with Crippen LogP contribution in [-0.2, 0) is 4.79 Å². The first-order valence-electron chi connectivity index (χ1n) is 9.00. The van der Waals surface area contributed by atoms with Gasteiger partial charge in [0.15, 0.2) is 0 Å². The van der Waals surface area contributed by atoms with E-state index in [-0.39, 0.29) is 17.9 Å². The van der Waals surface area contributed by atoms with E-state index in [1.807, 2.05) is 12.1 Å². The lowest BCUT2D eigenvalue weighted by Crippen LogP contribution is -2.48. The van der Waals surface area contributed by atoms with Gasteiger partial charge in [-0.1, -0.05) is 37.6 Å². The van der Waals surface area contributed by atoms with Crippen molar-refractivity contribution in [3.05, 3.63) is 34.9 Å². The van der Waals surface area contributed by atoms with Crippen LogP contribution in [0, 0.1) is 5.92 Å². The van der Waals surface area contributed by atoms with Crippen LogP contribution in [0.4, 0.5) is 0 Å². The minimum Gasteiger partial charge on any atom is -0.354 e. The van der Waals surface area contributed by atoms with Gasteiger partial charge in [0.25, 0.3) is 0 Å². The Morgan fingerprint density at radius 1 is 1.12 bits per heavy atom. The Hall–Kier alpha value is -1.10. The summed E-state index contributed by atoms with van der Waals surface area (Å²) in [6.45, 7) is 8.96. The van der Waals surface area contributed by atoms with Gasteiger partial charge in [-0.25, -0.2) is 0 Å². The van der Waals surface area contributed by atoms with Gasteiger partial charge in [0.1, 0.15) is 0 Å². The second kappa shape index (κ2) is 9.40. The molecule has 1 atom stereocenters. The number of carbonyl (C=O) groups is 1. The first-order valence-corrected chi connectivity index (χ1v) is 9.38. The van der Waals surface area contributed by atoms with Crippen LogP contribution in [0.25, 0.3) is 0 Å². The minimum absolute atomic E-state index is 0.114. The highest BCUT2D eigenvalue weighted by Gasteiger charge is 2.25. The molecular formula is C19H30ClN3O. The topological polar surface area (TPSA) is 35.6 Å². The molecule has 5 heteroatoms. The standard InChI is InChI=1S/C19H30ClN3O/c1-4-15(5-2)19(24)21-14-18(16-6-8-17(20)9-7-16)23-12-10-22(3)11-13-23/h6-9,15,18H,4-5,10-14H2,1-3H3,(H,21,24). The van der Waals surface area contributed by atoms with Gasteiger partial charge in [-0.05, 0) is 37.6 Å². The SMILES string of the molecule is CCC(CC)C(=O)NCC(c1ccc(Cl)cc1)N1CCN(C)CC1. The van der Waals surface area contributed by atoms with E-state index in [0.717, 1.165) is 44.0 Å². The van der Waals surface area contributed by atoms with Crippen LogP contribution in [0.3, 0.4) is 0 Å². The van der Waals surface area contributed by atoms with Crippen LogP contribution in [-0.4, -0.2) is 55.5 Å². The van der Waals surface area contributed by atoms with Crippen molar-refractivity contribution in [3.8, 4) is 0 Å². The molecule has 0 spiro atoms. The number of rotatable bonds is 7. The largest absolute Gasteiger partial charge is 0.354 e. The maximum Gasteiger partial charge on any atom is 0.223 e. The van der Waals surface area contributed by atoms with Crippen LogP contribution >= 0.6 is 11.6 Å². The van der Waals surface area contributed by atoms with Crippen molar-refractivity contribution in [2.24, 2.45) is 5.92 Å². The highest BCUT2D eigenvalue weighted by atomic mass is 35.5. The Labute approximate surface area is 151 Å². The molecule has 1 aromatic rings. The number of halogens is 1. The van der Waals surface area contributed by atoms with E-state index in [9.17, 15) is 4.79 Å². The van der Waals surface area contributed by atoms with E-state index in [2.05, 4.69) is 48.1 Å². The molecule has 1 aromatic carbocycles. The maximum absolute atomic E-state index is 12.4. The first-order chi connectivity index (χ1) is 11.5. The normalized spacial score (nSPS) is 17.9. The fourth-order valence-corrected chi connectivity index (χ4v) is 3.40. The lowest BCUT2D eigenvalue weighted by Gasteiger charge is -2.38. The van der Waals surface area contributed by atoms with Crippen LogP contribution in [0.15, 0.2) is 24.3 Å². The summed E-state index contributed by atoms with van der Waals surface area (Å²) in [4.78, 5) is 17.2. The number of hydrogen-bond acceptors (Lipinski definition) is 3. The summed E-state index contributed by atoms with van der Waals surface area (Å²) in [5.41, 5.74) is 1.22. The summed E-state index contributed by atoms with van der Waals surface area (Å²) < 4.78 is 0. The molecule has 0 aliphatic carbocycles. The number of nitrogens with zero attached hydrogens (tertiary/aromatic N) is 2. The molecule has 1 saturated heterocycles. The lowest BCUT2D eigenvalue weighted by molar-refractivity contribution is -0.125. The number of carbonyl (C=O) groups excluding carboxylic acids is 1. The van der Waals surface area contributed by atoms with Gasteiger partial charge in [-0.15, -0.1) is 0 Å². The monoisotopic (exact) mass is 351 g/mol. The third-order valence-electron chi connectivity index (χ3n) is 5.06. The van der Waals surface area contributed by atoms with Crippen molar-refractivity contribution in [3.63, 3.8) is 0 Å². The molecule has 2 rings (SSSR count). The minimum atomic E-state index is 0.114. The van der Waals surface area contributed by atoms with E-state index >= 15 is 0 Å². The van der Waals surface area contributed by atoms with Crippen molar-refractivity contribution in [2.45, 2.75) is 32.7 Å². The van der Waals surface area contributed by atoms with Crippen LogP contribution in [0.2, 0.25) is 5.02 Å². The van der Waals surface area contributed by atoms with Crippen molar-refractivity contribution in [1.82, 2.24) is 15.1 Å². The van der Waals surface area contributed by atoms with E-state index in [0.29, 0.717) is 6.54 Å². The molecule has 4 nitrogen and oxygen atoms in total. The van der Waals surface area contributed by atoms with Gasteiger partial charge in [0.2, 0.25) is 5.91 Å². The number of amides is 1. The molecule has 24 heavy (non-hydrogen) atoms. The number of piperazine rings is 1. The lowest BCUT2D eigenvalue weighted by atomic mass is 10.0. The van der Waals surface area contributed by atoms with Gasteiger partial charge < -0.3 is 10.2 Å². The van der Waals surface area contributed by atoms with Gasteiger partial charge >= 0.3 is 0 Å². The molecule has 0 saturated carbocycles. The number of hydrogen-bond donors (Lipinski definition) is 1. The first kappa shape index (κ1) is 19.2. The fourth-order valence-electron chi connectivity index (χ4n) is 3.28. The predicted molar refractivity (Wildman–Crippen MR) is 100 cm³/mol. The van der Waals surface area contributed by atoms with Gasteiger partial charge in [-0.3, -0.25) is 9.69 Å². The van der Waals surface area contributed by atoms with E-state index < -0.39 is 0 Å². The third kappa shape index (κ3) is 5.20. The fraction of sp³-hybridized carbons (Fsp3) is 0.632. The zero-order chi connectivity index (χ0) is 17.5. The average molecular weight is 352 g/mol. The molecule has 134 valence electrons. The highest BCUT2D eigenvalue weighted by molar-refractivity contribution is 6.30. The van der Waals surface area contributed by atoms with Gasteiger partial charge in [0.05, 0.1) is 6.04 Å². The van der Waals surface area contributed by atoms with Crippen LogP contribution in [0.1, 0.15) is 38.3 Å². The molecule has 1 unspecified atom stereocenters. The summed E-state index contributed by atoms with van der Waals surface area (Å²) in [6.07, 6.45) is 1.78. The van der Waals surface area contributed by atoms with Crippen molar-refractivity contribution in [2.75, 3.05) is 39.8 Å². The Morgan fingerprint density at radius 3 is 2.25 bits per heavy atom. The second-order valence-electron chi connectivity index (χ2n) is 6.67. The van der Waals surface area contributed by atoms with Crippen molar-refractivity contribution < 1.29 is 4.79 Å². The van der Waals surface area contributed by atoms with Crippen molar-refractivity contribution >= 4 is 17.5 Å². The number of likely N-dealkylation sites (N-methyl/N-ethyl adjacent to an activating group) is 1. The molecule has 1 fully saturated rings. The summed E-state index contributed by atoms with van der Waals surface area (Å²) in [6, 6.07) is 8.23. The molecular weight excluding hydrogens is 322 g/mol. The quantitative estimate of drug-likeness (QED) is 0.819. The average Bonchev–Trinajstić information content (AvgIpc) is 2.59. The zero-order valence-electron chi connectivity index (χ0n) is 15.1. The molecule has 0 bridgehead atoms. The number of nitrogens with one attached hydrogen (secondary N) is 1. The smallest absolute Gasteiger partial charge is 0.223 e. The van der Waals surface area contributed by atoms with Gasteiger partial charge in [-0.2, -0.15) is 0 Å². The van der Waals surface area contributed by atoms with Crippen LogP contribution in [0.5, 0.6) is 0 Å². The molecule has 1 amide bonds. The molecule has 1 aliphatic heterocycles. The van der Waals surface area contributed by atoms with E-state index in [1.54, 1.807) is 0 Å². The van der Waals surface area contributed by atoms with Crippen molar-refractivity contribution in [1.29, 1.82) is 0 Å². The summed E-state index contributed by atoms with van der Waals surface area (Å²) in [5, 5.41) is 3.93. The van der Waals surface area contributed by atoms with Crippen LogP contribution < -0.4 is 5.32 Å². The Bertz CT molecular complexity index is 508. The molecule has 1 heterocycles. The molecule has 1 aliphatic rings. The molecule has 0 radical (unpaired) electrons. The molecule has 0 aromatic heterocycles. The zero-order valence-corrected chi connectivity index (χ0v) is 15.9. The second-order valence-corrected chi connectivity index (χ2v) is 7.10. The predicted octanol–water partition coefficient (Wildman–Crippen LogP) is 3.18. The van der Waals surface area contributed by atoms with Gasteiger partial charge in [0, 0.05) is 43.7 Å². The summed E-state index contributed by atoms with van der Waals surface area (Å²) >= 11 is 6.04. The van der Waals surface area contributed by atoms with E-state index in [1.165, 1.54) is 5.56 Å². The third-order valence-corrected chi connectivity index (χ3v) is 5.31. The maximum atomic E-state index is 12.4.